The first-order chi connectivity index (χ1) is 9.60. The Balaban J connectivity index is 0.000000280. The third-order valence-corrected chi connectivity index (χ3v) is 3.32. The maximum absolute atomic E-state index is 10.3. The molecule has 2 rings (SSSR count). The normalized spacial score (nSPS) is 8.30. The molecule has 0 heterocycles. The van der Waals surface area contributed by atoms with Crippen molar-refractivity contribution < 1.29 is 15.3 Å². The molecule has 0 aromatic heterocycles. The predicted octanol–water partition coefficient (Wildman–Crippen LogP) is 3.43. The first-order valence-corrected chi connectivity index (χ1v) is 8.25. The maximum Gasteiger partial charge on any atom is 0.115 e. The molecule has 20 heavy (non-hydrogen) atoms. The molecule has 0 fully saturated rings. The summed E-state index contributed by atoms with van der Waals surface area (Å²) in [6, 6.07) is 14.0. The summed E-state index contributed by atoms with van der Waals surface area (Å²) in [5.74, 6) is 0.410. The second-order valence-corrected chi connectivity index (χ2v) is 6.14. The molecular weight excluding hydrogens is 267 g/mol. The third-order valence-electron chi connectivity index (χ3n) is 2.17. The van der Waals surface area contributed by atoms with Crippen molar-refractivity contribution in [3.05, 3.63) is 54.6 Å². The third kappa shape index (κ3) is 11.5. The van der Waals surface area contributed by atoms with Gasteiger partial charge in [0.1, 0.15) is 11.5 Å². The van der Waals surface area contributed by atoms with Gasteiger partial charge in [-0.05, 0) is 24.3 Å². The van der Waals surface area contributed by atoms with Crippen LogP contribution < -0.4 is 5.11 Å². The molecule has 0 radical (unpaired) electrons. The number of hydrogen-bond acceptors (Lipinski definition) is 3. The molecule has 106 valence electrons. The van der Waals surface area contributed by atoms with Gasteiger partial charge < -0.3 is 15.3 Å². The Hall–Kier alpha value is -1.63. The van der Waals surface area contributed by atoms with E-state index in [4.69, 9.17) is 10.2 Å². The fourth-order valence-corrected chi connectivity index (χ4v) is 1.74. The molecule has 0 saturated carbocycles. The van der Waals surface area contributed by atoms with Crippen LogP contribution in [0.4, 0.5) is 0 Å². The molecular formula is C16H21AlO3. The fourth-order valence-electron chi connectivity index (χ4n) is 1.16. The minimum atomic E-state index is 0.0718. The van der Waals surface area contributed by atoms with E-state index in [0.29, 0.717) is 0 Å². The van der Waals surface area contributed by atoms with Crippen molar-refractivity contribution in [2.45, 2.75) is 24.4 Å². The van der Waals surface area contributed by atoms with Crippen LogP contribution in [0, 0.1) is 0 Å². The number of phenols is 2. The number of rotatable bonds is 2. The zero-order chi connectivity index (χ0) is 15.2. The van der Waals surface area contributed by atoms with Crippen LogP contribution in [-0.2, 0) is 0 Å². The largest absolute Gasteiger partial charge is 0.872 e. The van der Waals surface area contributed by atoms with E-state index in [2.05, 4.69) is 13.8 Å². The van der Waals surface area contributed by atoms with E-state index in [1.54, 1.807) is 12.1 Å². The Labute approximate surface area is 127 Å². The van der Waals surface area contributed by atoms with Gasteiger partial charge in [0.15, 0.2) is 0 Å². The Morgan fingerprint density at radius 1 is 0.800 bits per heavy atom. The minimum absolute atomic E-state index is 0.0718. The molecule has 0 unspecified atom stereocenters. The fraction of sp³-hybridized carbons (Fsp3) is 0.250. The van der Waals surface area contributed by atoms with Crippen molar-refractivity contribution in [3.63, 3.8) is 0 Å². The van der Waals surface area contributed by atoms with E-state index in [1.807, 2.05) is 6.07 Å². The molecule has 2 aromatic carbocycles. The van der Waals surface area contributed by atoms with Crippen molar-refractivity contribution in [1.82, 2.24) is 0 Å². The summed E-state index contributed by atoms with van der Waals surface area (Å²) in [4.78, 5) is 0. The standard InChI is InChI=1S/C6H6O2.C6H6O.2C2H5.Al/c7-5-1-2-6(8)4-3-5;7-6-4-2-1-3-5-6;2*1-2;/h1-4,7-8H;1-5,7H;2*1H2,2H3;/q;;;;+1/p-1. The van der Waals surface area contributed by atoms with Gasteiger partial charge in [-0.2, -0.15) is 0 Å². The molecule has 0 bridgehead atoms. The number of aromatic hydroxyl groups is 2. The zero-order valence-electron chi connectivity index (χ0n) is 12.0. The molecule has 0 saturated heterocycles. The van der Waals surface area contributed by atoms with Crippen LogP contribution in [-0.4, -0.2) is 25.4 Å². The van der Waals surface area contributed by atoms with Gasteiger partial charge in [0, 0.05) is 0 Å². The summed E-state index contributed by atoms with van der Waals surface area (Å²) in [6.45, 7) is 4.50. The van der Waals surface area contributed by atoms with Gasteiger partial charge in [0.05, 0.1) is 0 Å². The van der Waals surface area contributed by atoms with Crippen molar-refractivity contribution in [1.29, 1.82) is 0 Å². The van der Waals surface area contributed by atoms with E-state index in [-0.39, 0.29) is 17.2 Å². The molecule has 0 aliphatic rings. The average Bonchev–Trinajstić information content (AvgIpc) is 2.45. The first kappa shape index (κ1) is 18.4. The van der Waals surface area contributed by atoms with E-state index in [1.165, 1.54) is 47.0 Å². The van der Waals surface area contributed by atoms with Gasteiger partial charge in [0.25, 0.3) is 0 Å². The summed E-state index contributed by atoms with van der Waals surface area (Å²) in [5, 5.41) is 30.4. The van der Waals surface area contributed by atoms with Crippen LogP contribution in [0.2, 0.25) is 10.6 Å². The van der Waals surface area contributed by atoms with Gasteiger partial charge in [-0.1, -0.05) is 30.3 Å². The van der Waals surface area contributed by atoms with Crippen LogP contribution in [0.1, 0.15) is 13.8 Å². The Bertz CT molecular complexity index is 406. The van der Waals surface area contributed by atoms with Crippen molar-refractivity contribution in [2.24, 2.45) is 0 Å². The van der Waals surface area contributed by atoms with Crippen LogP contribution in [0.15, 0.2) is 54.6 Å². The van der Waals surface area contributed by atoms with E-state index in [9.17, 15) is 5.11 Å². The molecule has 3 nitrogen and oxygen atoms in total. The molecule has 0 spiro atoms. The Morgan fingerprint density at radius 2 is 1.20 bits per heavy atom. The zero-order valence-corrected chi connectivity index (χ0v) is 13.1. The topological polar surface area (TPSA) is 63.5 Å². The smallest absolute Gasteiger partial charge is 0.115 e. The van der Waals surface area contributed by atoms with Crippen molar-refractivity contribution >= 4 is 15.2 Å². The molecule has 2 aromatic rings. The molecule has 0 aliphatic heterocycles. The summed E-state index contributed by atoms with van der Waals surface area (Å²) >= 11 is 0.815. The van der Waals surface area contributed by atoms with E-state index in [0.717, 1.165) is 15.2 Å². The quantitative estimate of drug-likeness (QED) is 0.657. The number of para-hydroxylation sites is 1. The second-order valence-electron chi connectivity index (χ2n) is 3.93. The number of phenolic OH excluding ortho intramolecular Hbond substituents is 2. The second kappa shape index (κ2) is 12.4. The predicted molar refractivity (Wildman–Crippen MR) is 82.4 cm³/mol. The summed E-state index contributed by atoms with van der Waals surface area (Å²) in [7, 11) is 0. The van der Waals surface area contributed by atoms with Crippen LogP contribution >= 0.6 is 0 Å². The van der Waals surface area contributed by atoms with Crippen molar-refractivity contribution in [3.8, 4) is 17.2 Å². The minimum Gasteiger partial charge on any atom is -0.872 e. The van der Waals surface area contributed by atoms with Gasteiger partial charge in [-0.25, -0.2) is 0 Å². The Morgan fingerprint density at radius 3 is 1.40 bits per heavy atom. The monoisotopic (exact) mass is 288 g/mol. The molecule has 0 atom stereocenters. The first-order valence-electron chi connectivity index (χ1n) is 6.61. The summed E-state index contributed by atoms with van der Waals surface area (Å²) in [6.07, 6.45) is 0. The van der Waals surface area contributed by atoms with E-state index < -0.39 is 0 Å². The van der Waals surface area contributed by atoms with Crippen LogP contribution in [0.3, 0.4) is 0 Å². The number of benzene rings is 2. The SMILES string of the molecule is C[CH2][Al+][CH2]C.Oc1ccc(O)cc1.[O-]c1ccccc1. The van der Waals surface area contributed by atoms with Gasteiger partial charge in [0.2, 0.25) is 0 Å². The average molecular weight is 288 g/mol. The molecule has 0 aliphatic carbocycles. The van der Waals surface area contributed by atoms with Crippen molar-refractivity contribution in [2.75, 3.05) is 0 Å². The maximum atomic E-state index is 10.3. The number of hydrogen-bond donors (Lipinski definition) is 2. The van der Waals surface area contributed by atoms with Gasteiger partial charge in [-0.15, -0.1) is 5.75 Å². The molecule has 0 amide bonds. The van der Waals surface area contributed by atoms with Gasteiger partial charge >= 0.3 is 39.6 Å². The van der Waals surface area contributed by atoms with E-state index >= 15 is 0 Å². The summed E-state index contributed by atoms with van der Waals surface area (Å²) < 4.78 is 0. The molecule has 2 N–H and O–H groups in total. The van der Waals surface area contributed by atoms with Crippen LogP contribution in [0.5, 0.6) is 17.2 Å². The van der Waals surface area contributed by atoms with Crippen LogP contribution in [0.25, 0.3) is 0 Å². The Kier molecular flexibility index (Phi) is 11.4. The molecule has 4 heteroatoms. The van der Waals surface area contributed by atoms with Gasteiger partial charge in [-0.3, -0.25) is 0 Å². The summed E-state index contributed by atoms with van der Waals surface area (Å²) in [5.41, 5.74) is 0.